The van der Waals surface area contributed by atoms with E-state index in [1.165, 1.54) is 42.5 Å². The van der Waals surface area contributed by atoms with Crippen molar-refractivity contribution in [3.63, 3.8) is 0 Å². The van der Waals surface area contributed by atoms with Crippen LogP contribution in [0.5, 0.6) is 5.75 Å². The fourth-order valence-electron chi connectivity index (χ4n) is 2.14. The molecule has 0 saturated heterocycles. The summed E-state index contributed by atoms with van der Waals surface area (Å²) in [4.78, 5) is 12.2. The predicted octanol–water partition coefficient (Wildman–Crippen LogP) is 4.95. The number of carbonyl (C=O) groups is 1. The van der Waals surface area contributed by atoms with Gasteiger partial charge in [-0.25, -0.2) is 13.2 Å². The third-order valence-electron chi connectivity index (χ3n) is 3.51. The highest BCUT2D eigenvalue weighted by atomic mass is 35.5. The number of carbonyl (C=O) groups excluding carboxylic acids is 1. The largest absolute Gasteiger partial charge is 0.437 e. The van der Waals surface area contributed by atoms with Crippen molar-refractivity contribution in [3.05, 3.63) is 76.0 Å². The molecule has 3 aromatic rings. The van der Waals surface area contributed by atoms with Gasteiger partial charge in [-0.3, -0.25) is 0 Å². The number of halogens is 2. The van der Waals surface area contributed by atoms with E-state index in [4.69, 9.17) is 32.4 Å². The van der Waals surface area contributed by atoms with Crippen LogP contribution >= 0.6 is 23.2 Å². The van der Waals surface area contributed by atoms with Crippen LogP contribution in [-0.4, -0.2) is 14.4 Å². The number of ether oxygens (including phenoxy) is 1. The Labute approximate surface area is 160 Å². The summed E-state index contributed by atoms with van der Waals surface area (Å²) in [7, 11) is -3.90. The maximum atomic E-state index is 12.5. The van der Waals surface area contributed by atoms with E-state index >= 15 is 0 Å². The average molecular weight is 411 g/mol. The standard InChI is InChI=1S/C18H12Cl2O5S/c1-11-10-13(4-7-15(11)20)24-18(21)16-8-9-17(25-16)26(22,23)14-5-2-12(19)3-6-14/h2-10H,1H3. The number of rotatable bonds is 4. The Hall–Kier alpha value is -2.28. The first kappa shape index (κ1) is 18.5. The lowest BCUT2D eigenvalue weighted by Gasteiger charge is -2.04. The minimum absolute atomic E-state index is 0.00416. The second kappa shape index (κ2) is 7.15. The summed E-state index contributed by atoms with van der Waals surface area (Å²) in [6, 6.07) is 12.8. The predicted molar refractivity (Wildman–Crippen MR) is 96.8 cm³/mol. The molecule has 0 unspecified atom stereocenters. The van der Waals surface area contributed by atoms with E-state index in [-0.39, 0.29) is 21.5 Å². The number of benzene rings is 2. The van der Waals surface area contributed by atoms with Gasteiger partial charge < -0.3 is 9.15 Å². The molecule has 3 rings (SSSR count). The van der Waals surface area contributed by atoms with Crippen molar-refractivity contribution in [2.75, 3.05) is 0 Å². The van der Waals surface area contributed by atoms with Crippen molar-refractivity contribution in [2.45, 2.75) is 16.9 Å². The summed E-state index contributed by atoms with van der Waals surface area (Å²) in [6.45, 7) is 1.77. The fourth-order valence-corrected chi connectivity index (χ4v) is 3.56. The lowest BCUT2D eigenvalue weighted by molar-refractivity contribution is 0.0695. The molecule has 134 valence electrons. The molecule has 0 amide bonds. The summed E-state index contributed by atoms with van der Waals surface area (Å²) in [5.41, 5.74) is 0.738. The number of esters is 1. The normalized spacial score (nSPS) is 11.3. The number of sulfone groups is 1. The van der Waals surface area contributed by atoms with Crippen molar-refractivity contribution in [2.24, 2.45) is 0 Å². The molecular formula is C18H12Cl2O5S. The Bertz CT molecular complexity index is 1070. The van der Waals surface area contributed by atoms with Crippen molar-refractivity contribution in [1.29, 1.82) is 0 Å². The quantitative estimate of drug-likeness (QED) is 0.449. The van der Waals surface area contributed by atoms with Crippen LogP contribution in [0.3, 0.4) is 0 Å². The lowest BCUT2D eigenvalue weighted by atomic mass is 10.2. The Morgan fingerprint density at radius 2 is 1.69 bits per heavy atom. The molecule has 0 saturated carbocycles. The van der Waals surface area contributed by atoms with Crippen molar-refractivity contribution in [3.8, 4) is 5.75 Å². The Morgan fingerprint density at radius 1 is 1.00 bits per heavy atom. The summed E-state index contributed by atoms with van der Waals surface area (Å²) < 4.78 is 35.4. The third kappa shape index (κ3) is 3.77. The first-order valence-corrected chi connectivity index (χ1v) is 9.60. The lowest BCUT2D eigenvalue weighted by Crippen LogP contribution is -2.07. The third-order valence-corrected chi connectivity index (χ3v) is 5.83. The van der Waals surface area contributed by atoms with Gasteiger partial charge in [0.05, 0.1) is 4.90 Å². The molecule has 0 aliphatic heterocycles. The Morgan fingerprint density at radius 3 is 2.35 bits per heavy atom. The van der Waals surface area contributed by atoms with E-state index in [1.54, 1.807) is 19.1 Å². The van der Waals surface area contributed by atoms with Crippen LogP contribution < -0.4 is 4.74 Å². The first-order valence-electron chi connectivity index (χ1n) is 7.36. The van der Waals surface area contributed by atoms with Gasteiger partial charge in [0.15, 0.2) is 0 Å². The molecule has 0 bridgehead atoms. The highest BCUT2D eigenvalue weighted by Crippen LogP contribution is 2.26. The van der Waals surface area contributed by atoms with E-state index in [2.05, 4.69) is 0 Å². The maximum Gasteiger partial charge on any atom is 0.379 e. The second-order valence-electron chi connectivity index (χ2n) is 5.38. The topological polar surface area (TPSA) is 73.6 Å². The highest BCUT2D eigenvalue weighted by molar-refractivity contribution is 7.91. The molecule has 0 spiro atoms. The van der Waals surface area contributed by atoms with E-state index in [0.29, 0.717) is 10.0 Å². The summed E-state index contributed by atoms with van der Waals surface area (Å²) in [5.74, 6) is -0.773. The molecule has 8 heteroatoms. The minimum Gasteiger partial charge on any atom is -0.437 e. The van der Waals surface area contributed by atoms with E-state index in [1.807, 2.05) is 0 Å². The molecular weight excluding hydrogens is 399 g/mol. The van der Waals surface area contributed by atoms with Crippen molar-refractivity contribution in [1.82, 2.24) is 0 Å². The zero-order valence-corrected chi connectivity index (χ0v) is 15.7. The Balaban J connectivity index is 1.83. The molecule has 2 aromatic carbocycles. The molecule has 5 nitrogen and oxygen atoms in total. The average Bonchev–Trinajstić information content (AvgIpc) is 3.10. The molecule has 1 heterocycles. The van der Waals surface area contributed by atoms with Crippen LogP contribution in [0.25, 0.3) is 0 Å². The van der Waals surface area contributed by atoms with Crippen molar-refractivity contribution >= 4 is 39.0 Å². The molecule has 0 aliphatic rings. The molecule has 0 aliphatic carbocycles. The Kier molecular flexibility index (Phi) is 5.09. The fraction of sp³-hybridized carbons (Fsp3) is 0.0556. The smallest absolute Gasteiger partial charge is 0.379 e. The molecule has 0 N–H and O–H groups in total. The van der Waals surface area contributed by atoms with Crippen LogP contribution in [-0.2, 0) is 9.84 Å². The van der Waals surface area contributed by atoms with Gasteiger partial charge in [0.1, 0.15) is 5.75 Å². The summed E-state index contributed by atoms with van der Waals surface area (Å²) >= 11 is 11.7. The van der Waals surface area contributed by atoms with Gasteiger partial charge in [0.25, 0.3) is 0 Å². The highest BCUT2D eigenvalue weighted by Gasteiger charge is 2.24. The summed E-state index contributed by atoms with van der Waals surface area (Å²) in [6.07, 6.45) is 0. The maximum absolute atomic E-state index is 12.5. The van der Waals surface area contributed by atoms with E-state index in [0.717, 1.165) is 5.56 Å². The molecule has 1 aromatic heterocycles. The minimum atomic E-state index is -3.90. The molecule has 0 fully saturated rings. The zero-order chi connectivity index (χ0) is 18.9. The van der Waals surface area contributed by atoms with Gasteiger partial charge in [-0.05, 0) is 67.1 Å². The van der Waals surface area contributed by atoms with E-state index < -0.39 is 15.8 Å². The summed E-state index contributed by atoms with van der Waals surface area (Å²) in [5, 5.41) is 0.587. The molecule has 26 heavy (non-hydrogen) atoms. The van der Waals surface area contributed by atoms with E-state index in [9.17, 15) is 13.2 Å². The van der Waals surface area contributed by atoms with Crippen LogP contribution in [0.2, 0.25) is 10.0 Å². The van der Waals surface area contributed by atoms with Gasteiger partial charge in [-0.15, -0.1) is 0 Å². The first-order chi connectivity index (χ1) is 12.3. The van der Waals surface area contributed by atoms with Gasteiger partial charge >= 0.3 is 5.97 Å². The number of aryl methyl sites for hydroxylation is 1. The van der Waals surface area contributed by atoms with Crippen LogP contribution in [0.15, 0.2) is 69.0 Å². The van der Waals surface area contributed by atoms with Gasteiger partial charge in [0.2, 0.25) is 20.7 Å². The van der Waals surface area contributed by atoms with Crippen LogP contribution in [0, 0.1) is 6.92 Å². The monoisotopic (exact) mass is 410 g/mol. The zero-order valence-electron chi connectivity index (χ0n) is 13.4. The van der Waals surface area contributed by atoms with Crippen LogP contribution in [0.4, 0.5) is 0 Å². The van der Waals surface area contributed by atoms with Gasteiger partial charge in [-0.2, -0.15) is 0 Å². The van der Waals surface area contributed by atoms with Gasteiger partial charge in [-0.1, -0.05) is 23.2 Å². The van der Waals surface area contributed by atoms with Crippen molar-refractivity contribution < 1.29 is 22.4 Å². The second-order valence-corrected chi connectivity index (χ2v) is 8.10. The van der Waals surface area contributed by atoms with Gasteiger partial charge in [0, 0.05) is 10.0 Å². The number of hydrogen-bond donors (Lipinski definition) is 0. The SMILES string of the molecule is Cc1cc(OC(=O)c2ccc(S(=O)(=O)c3ccc(Cl)cc3)o2)ccc1Cl. The molecule has 0 atom stereocenters. The molecule has 0 radical (unpaired) electrons. The van der Waals surface area contributed by atoms with Crippen LogP contribution in [0.1, 0.15) is 16.1 Å². The number of hydrogen-bond acceptors (Lipinski definition) is 5. The number of furan rings is 1.